The molecule has 3 heteroatoms. The SMILES string of the molecule is CCCNC(CC)c1cnn(C(C)CC(C)C)c1. The quantitative estimate of drug-likeness (QED) is 0.758. The second-order valence-corrected chi connectivity index (χ2v) is 5.65. The van der Waals surface area contributed by atoms with Crippen LogP contribution in [0.25, 0.3) is 0 Å². The second-order valence-electron chi connectivity index (χ2n) is 5.65. The molecule has 1 rings (SSSR count). The summed E-state index contributed by atoms with van der Waals surface area (Å²) in [4.78, 5) is 0. The zero-order valence-corrected chi connectivity index (χ0v) is 12.6. The van der Waals surface area contributed by atoms with Gasteiger partial charge >= 0.3 is 0 Å². The van der Waals surface area contributed by atoms with E-state index in [2.05, 4.69) is 55.9 Å². The van der Waals surface area contributed by atoms with Gasteiger partial charge in [-0.25, -0.2) is 0 Å². The van der Waals surface area contributed by atoms with Crippen molar-refractivity contribution in [3.8, 4) is 0 Å². The number of aromatic nitrogens is 2. The first-order valence-electron chi connectivity index (χ1n) is 7.35. The fourth-order valence-corrected chi connectivity index (χ4v) is 2.38. The van der Waals surface area contributed by atoms with Crippen molar-refractivity contribution in [3.63, 3.8) is 0 Å². The molecule has 1 heterocycles. The van der Waals surface area contributed by atoms with Gasteiger partial charge in [0.25, 0.3) is 0 Å². The first-order chi connectivity index (χ1) is 8.58. The lowest BCUT2D eigenvalue weighted by Gasteiger charge is -2.16. The molecule has 0 aliphatic rings. The average Bonchev–Trinajstić information content (AvgIpc) is 2.79. The molecule has 0 aliphatic heterocycles. The summed E-state index contributed by atoms with van der Waals surface area (Å²) in [5.74, 6) is 0.716. The van der Waals surface area contributed by atoms with E-state index in [0.29, 0.717) is 18.0 Å². The standard InChI is InChI=1S/C15H29N3/c1-6-8-16-15(7-2)14-10-17-18(11-14)13(5)9-12(3)4/h10-13,15-16H,6-9H2,1-5H3. The first kappa shape index (κ1) is 15.2. The van der Waals surface area contributed by atoms with E-state index in [1.165, 1.54) is 18.4 Å². The highest BCUT2D eigenvalue weighted by molar-refractivity contribution is 5.10. The molecule has 2 unspecified atom stereocenters. The lowest BCUT2D eigenvalue weighted by Crippen LogP contribution is -2.21. The summed E-state index contributed by atoms with van der Waals surface area (Å²) in [6, 6.07) is 0.937. The third kappa shape index (κ3) is 4.45. The third-order valence-electron chi connectivity index (χ3n) is 3.34. The number of hydrogen-bond donors (Lipinski definition) is 1. The molecule has 3 nitrogen and oxygen atoms in total. The molecule has 1 aromatic heterocycles. The molecule has 104 valence electrons. The number of nitrogens with one attached hydrogen (secondary N) is 1. The van der Waals surface area contributed by atoms with E-state index >= 15 is 0 Å². The van der Waals surface area contributed by atoms with E-state index in [4.69, 9.17) is 0 Å². The Balaban J connectivity index is 2.65. The van der Waals surface area contributed by atoms with Crippen molar-refractivity contribution >= 4 is 0 Å². The van der Waals surface area contributed by atoms with Crippen LogP contribution in [0.5, 0.6) is 0 Å². The van der Waals surface area contributed by atoms with Crippen LogP contribution < -0.4 is 5.32 Å². The van der Waals surface area contributed by atoms with E-state index in [1.807, 2.05) is 6.20 Å². The van der Waals surface area contributed by atoms with E-state index in [9.17, 15) is 0 Å². The van der Waals surface area contributed by atoms with E-state index in [-0.39, 0.29) is 0 Å². The van der Waals surface area contributed by atoms with Crippen LogP contribution in [0.15, 0.2) is 12.4 Å². The lowest BCUT2D eigenvalue weighted by atomic mass is 10.1. The minimum atomic E-state index is 0.449. The molecule has 0 aliphatic carbocycles. The predicted octanol–water partition coefficient (Wildman–Crippen LogP) is 3.94. The van der Waals surface area contributed by atoms with Gasteiger partial charge in [-0.2, -0.15) is 5.10 Å². The van der Waals surface area contributed by atoms with E-state index < -0.39 is 0 Å². The Labute approximate surface area is 112 Å². The Bertz CT molecular complexity index is 330. The molecule has 0 amide bonds. The molecule has 0 radical (unpaired) electrons. The van der Waals surface area contributed by atoms with Gasteiger partial charge in [-0.05, 0) is 38.6 Å². The highest BCUT2D eigenvalue weighted by atomic mass is 15.3. The molecule has 0 bridgehead atoms. The van der Waals surface area contributed by atoms with Crippen LogP contribution in [0, 0.1) is 5.92 Å². The number of rotatable bonds is 8. The van der Waals surface area contributed by atoms with Gasteiger partial charge in [0.1, 0.15) is 0 Å². The monoisotopic (exact) mass is 251 g/mol. The topological polar surface area (TPSA) is 29.9 Å². The van der Waals surface area contributed by atoms with Gasteiger partial charge in [0.2, 0.25) is 0 Å². The van der Waals surface area contributed by atoms with Gasteiger partial charge < -0.3 is 5.32 Å². The van der Waals surface area contributed by atoms with Crippen molar-refractivity contribution in [2.24, 2.45) is 5.92 Å². The highest BCUT2D eigenvalue weighted by Crippen LogP contribution is 2.20. The molecule has 1 aromatic rings. The zero-order chi connectivity index (χ0) is 13.5. The summed E-state index contributed by atoms with van der Waals surface area (Å²) in [5, 5.41) is 8.10. The van der Waals surface area contributed by atoms with Gasteiger partial charge in [0, 0.05) is 23.8 Å². The highest BCUT2D eigenvalue weighted by Gasteiger charge is 2.13. The smallest absolute Gasteiger partial charge is 0.0537 e. The summed E-state index contributed by atoms with van der Waals surface area (Å²) in [5.41, 5.74) is 1.32. The number of hydrogen-bond acceptors (Lipinski definition) is 2. The first-order valence-corrected chi connectivity index (χ1v) is 7.35. The largest absolute Gasteiger partial charge is 0.310 e. The molecule has 0 saturated heterocycles. The molecular formula is C15H29N3. The van der Waals surface area contributed by atoms with Crippen LogP contribution in [-0.2, 0) is 0 Å². The minimum Gasteiger partial charge on any atom is -0.310 e. The van der Waals surface area contributed by atoms with Crippen LogP contribution in [0.1, 0.15) is 71.5 Å². The molecule has 18 heavy (non-hydrogen) atoms. The Morgan fingerprint density at radius 2 is 2.00 bits per heavy atom. The van der Waals surface area contributed by atoms with Crippen LogP contribution in [0.3, 0.4) is 0 Å². The fourth-order valence-electron chi connectivity index (χ4n) is 2.38. The predicted molar refractivity (Wildman–Crippen MR) is 77.7 cm³/mol. The summed E-state index contributed by atoms with van der Waals surface area (Å²) in [6.45, 7) is 12.3. The minimum absolute atomic E-state index is 0.449. The van der Waals surface area contributed by atoms with Crippen molar-refractivity contribution in [2.45, 2.75) is 66.0 Å². The summed E-state index contributed by atoms with van der Waals surface area (Å²) < 4.78 is 2.12. The van der Waals surface area contributed by atoms with Gasteiger partial charge in [0.05, 0.1) is 6.20 Å². The van der Waals surface area contributed by atoms with Crippen LogP contribution in [-0.4, -0.2) is 16.3 Å². The molecule has 0 spiro atoms. The Hall–Kier alpha value is -0.830. The van der Waals surface area contributed by atoms with Crippen molar-refractivity contribution in [1.82, 2.24) is 15.1 Å². The van der Waals surface area contributed by atoms with Gasteiger partial charge in [-0.15, -0.1) is 0 Å². The van der Waals surface area contributed by atoms with Crippen LogP contribution in [0.2, 0.25) is 0 Å². The molecule has 0 aromatic carbocycles. The van der Waals surface area contributed by atoms with E-state index in [0.717, 1.165) is 13.0 Å². The maximum absolute atomic E-state index is 4.52. The summed E-state index contributed by atoms with van der Waals surface area (Å²) in [6.07, 6.45) is 7.70. The van der Waals surface area contributed by atoms with E-state index in [1.54, 1.807) is 0 Å². The van der Waals surface area contributed by atoms with Crippen molar-refractivity contribution in [3.05, 3.63) is 18.0 Å². The fraction of sp³-hybridized carbons (Fsp3) is 0.800. The van der Waals surface area contributed by atoms with Crippen molar-refractivity contribution in [2.75, 3.05) is 6.54 Å². The molecule has 0 saturated carbocycles. The van der Waals surface area contributed by atoms with Crippen LogP contribution >= 0.6 is 0 Å². The van der Waals surface area contributed by atoms with Crippen molar-refractivity contribution in [1.29, 1.82) is 0 Å². The maximum atomic E-state index is 4.52. The number of nitrogens with zero attached hydrogens (tertiary/aromatic N) is 2. The Kier molecular flexibility index (Phi) is 6.41. The second kappa shape index (κ2) is 7.57. The van der Waals surface area contributed by atoms with Gasteiger partial charge in [-0.1, -0.05) is 27.7 Å². The molecule has 2 atom stereocenters. The maximum Gasteiger partial charge on any atom is 0.0537 e. The molecular weight excluding hydrogens is 222 g/mol. The average molecular weight is 251 g/mol. The third-order valence-corrected chi connectivity index (χ3v) is 3.34. The summed E-state index contributed by atoms with van der Waals surface area (Å²) in [7, 11) is 0. The van der Waals surface area contributed by atoms with Crippen LogP contribution in [0.4, 0.5) is 0 Å². The normalized spacial score (nSPS) is 15.0. The Morgan fingerprint density at radius 1 is 1.28 bits per heavy atom. The molecule has 0 fully saturated rings. The molecule has 1 N–H and O–H groups in total. The van der Waals surface area contributed by atoms with Gasteiger partial charge in [0.15, 0.2) is 0 Å². The summed E-state index contributed by atoms with van der Waals surface area (Å²) >= 11 is 0. The Morgan fingerprint density at radius 3 is 2.56 bits per heavy atom. The lowest BCUT2D eigenvalue weighted by molar-refractivity contribution is 0.397. The van der Waals surface area contributed by atoms with Gasteiger partial charge in [-0.3, -0.25) is 4.68 Å². The zero-order valence-electron chi connectivity index (χ0n) is 12.6. The van der Waals surface area contributed by atoms with Crippen molar-refractivity contribution < 1.29 is 0 Å².